The van der Waals surface area contributed by atoms with Gasteiger partial charge in [-0.1, -0.05) is 23.7 Å². The fourth-order valence-electron chi connectivity index (χ4n) is 2.74. The van der Waals surface area contributed by atoms with Crippen LogP contribution >= 0.6 is 27.5 Å². The maximum Gasteiger partial charge on any atom is 0.243 e. The van der Waals surface area contributed by atoms with Crippen LogP contribution in [0.2, 0.25) is 5.02 Å². The molecule has 0 spiro atoms. The molecular formula is C17H16BrClN2O2. The van der Waals surface area contributed by atoms with Gasteiger partial charge in [0.25, 0.3) is 0 Å². The quantitative estimate of drug-likeness (QED) is 0.822. The maximum atomic E-state index is 12.1. The Hall–Kier alpha value is -1.72. The molecule has 1 saturated carbocycles. The van der Waals surface area contributed by atoms with Gasteiger partial charge in [0.2, 0.25) is 5.91 Å². The van der Waals surface area contributed by atoms with Crippen LogP contribution in [-0.2, 0) is 4.79 Å². The van der Waals surface area contributed by atoms with Crippen molar-refractivity contribution in [3.63, 3.8) is 0 Å². The number of rotatable bonds is 5. The van der Waals surface area contributed by atoms with Gasteiger partial charge in [-0.15, -0.1) is 0 Å². The van der Waals surface area contributed by atoms with Gasteiger partial charge in [-0.3, -0.25) is 4.79 Å². The molecule has 2 aromatic rings. The van der Waals surface area contributed by atoms with Crippen molar-refractivity contribution >= 4 is 44.8 Å². The number of ether oxygens (including phenoxy) is 1. The number of anilines is 2. The number of nitrogens with two attached hydrogens (primary N) is 1. The predicted molar refractivity (Wildman–Crippen MR) is 95.4 cm³/mol. The lowest BCUT2D eigenvalue weighted by Crippen LogP contribution is -2.44. The molecule has 23 heavy (non-hydrogen) atoms. The molecule has 0 saturated heterocycles. The summed E-state index contributed by atoms with van der Waals surface area (Å²) in [7, 11) is 1.60. The van der Waals surface area contributed by atoms with Crippen molar-refractivity contribution in [2.24, 2.45) is 5.73 Å². The summed E-state index contributed by atoms with van der Waals surface area (Å²) in [6, 6.07) is 13.1. The second kappa shape index (κ2) is 6.06. The highest BCUT2D eigenvalue weighted by Gasteiger charge is 2.54. The third-order valence-corrected chi connectivity index (χ3v) is 5.07. The van der Waals surface area contributed by atoms with E-state index in [1.165, 1.54) is 0 Å². The first-order valence-electron chi connectivity index (χ1n) is 7.18. The number of carbonyl (C=O) groups excluding carboxylic acids is 1. The van der Waals surface area contributed by atoms with Crippen LogP contribution in [0.4, 0.5) is 11.4 Å². The van der Waals surface area contributed by atoms with Crippen LogP contribution in [0.1, 0.15) is 12.8 Å². The third-order valence-electron chi connectivity index (χ3n) is 4.10. The Bertz CT molecular complexity index is 762. The number of methoxy groups -OCH3 is 1. The molecule has 1 fully saturated rings. The number of benzene rings is 2. The summed E-state index contributed by atoms with van der Waals surface area (Å²) in [5, 5.41) is 0.571. The van der Waals surface area contributed by atoms with Gasteiger partial charge in [-0.25, -0.2) is 0 Å². The first kappa shape index (κ1) is 16.1. The van der Waals surface area contributed by atoms with Crippen molar-refractivity contribution in [3.8, 4) is 5.75 Å². The number of hydrogen-bond acceptors (Lipinski definition) is 3. The topological polar surface area (TPSA) is 55.6 Å². The maximum absolute atomic E-state index is 12.1. The van der Waals surface area contributed by atoms with E-state index < -0.39 is 5.54 Å². The Balaban J connectivity index is 2.17. The summed E-state index contributed by atoms with van der Waals surface area (Å²) in [5.74, 6) is 0.333. The minimum atomic E-state index is -0.732. The number of hydrogen-bond donors (Lipinski definition) is 1. The standard InChI is InChI=1S/C17H16BrClN2O2/c1-23-15-10-11(6-7-12(15)18)21(17(8-9-17)16(20)22)14-5-3-2-4-13(14)19/h2-7,10H,8-9H2,1H3,(H2,20,22). The largest absolute Gasteiger partial charge is 0.495 e. The van der Waals surface area contributed by atoms with E-state index in [0.29, 0.717) is 23.6 Å². The van der Waals surface area contributed by atoms with Crippen LogP contribution in [-0.4, -0.2) is 18.6 Å². The molecule has 2 N–H and O–H groups in total. The predicted octanol–water partition coefficient (Wildman–Crippen LogP) is 4.27. The second-order valence-electron chi connectivity index (χ2n) is 5.50. The van der Waals surface area contributed by atoms with Gasteiger partial charge < -0.3 is 15.4 Å². The highest BCUT2D eigenvalue weighted by Crippen LogP contribution is 2.50. The van der Waals surface area contributed by atoms with Crippen molar-refractivity contribution in [2.75, 3.05) is 12.0 Å². The van der Waals surface area contributed by atoms with Crippen LogP contribution in [0.15, 0.2) is 46.9 Å². The van der Waals surface area contributed by atoms with Gasteiger partial charge in [-0.05, 0) is 53.0 Å². The van der Waals surface area contributed by atoms with Gasteiger partial charge in [0.05, 0.1) is 22.3 Å². The molecule has 0 radical (unpaired) electrons. The highest BCUT2D eigenvalue weighted by atomic mass is 79.9. The lowest BCUT2D eigenvalue weighted by atomic mass is 10.1. The highest BCUT2D eigenvalue weighted by molar-refractivity contribution is 9.10. The van der Waals surface area contributed by atoms with Gasteiger partial charge in [-0.2, -0.15) is 0 Å². The molecule has 1 aliphatic rings. The second-order valence-corrected chi connectivity index (χ2v) is 6.76. The lowest BCUT2D eigenvalue weighted by molar-refractivity contribution is -0.120. The van der Waals surface area contributed by atoms with E-state index >= 15 is 0 Å². The van der Waals surface area contributed by atoms with E-state index in [1.807, 2.05) is 41.3 Å². The smallest absolute Gasteiger partial charge is 0.243 e. The monoisotopic (exact) mass is 394 g/mol. The molecule has 2 aromatic carbocycles. The molecule has 6 heteroatoms. The number of amides is 1. The summed E-state index contributed by atoms with van der Waals surface area (Å²) in [4.78, 5) is 14.0. The average molecular weight is 396 g/mol. The molecule has 3 rings (SSSR count). The summed E-state index contributed by atoms with van der Waals surface area (Å²) >= 11 is 9.82. The minimum absolute atomic E-state index is 0.348. The van der Waals surface area contributed by atoms with Gasteiger partial charge in [0.1, 0.15) is 11.3 Å². The fourth-order valence-corrected chi connectivity index (χ4v) is 3.36. The SMILES string of the molecule is COc1cc(N(c2ccccc2Cl)C2(C(N)=O)CC2)ccc1Br. The van der Waals surface area contributed by atoms with Crippen molar-refractivity contribution in [3.05, 3.63) is 52.0 Å². The minimum Gasteiger partial charge on any atom is -0.495 e. The molecule has 0 aliphatic heterocycles. The van der Waals surface area contributed by atoms with Crippen LogP contribution in [0.3, 0.4) is 0 Å². The normalized spacial score (nSPS) is 15.1. The number of carbonyl (C=O) groups is 1. The summed E-state index contributed by atoms with van der Waals surface area (Å²) in [6.45, 7) is 0. The first-order valence-corrected chi connectivity index (χ1v) is 8.35. The Kier molecular flexibility index (Phi) is 4.25. The first-order chi connectivity index (χ1) is 11.0. The number of primary amides is 1. The molecule has 120 valence electrons. The molecule has 0 heterocycles. The van der Waals surface area contributed by atoms with E-state index in [1.54, 1.807) is 13.2 Å². The third kappa shape index (κ3) is 2.79. The summed E-state index contributed by atoms with van der Waals surface area (Å²) in [6.07, 6.45) is 1.40. The molecule has 0 unspecified atom stereocenters. The van der Waals surface area contributed by atoms with E-state index in [-0.39, 0.29) is 5.91 Å². The molecule has 0 bridgehead atoms. The fraction of sp³-hybridized carbons (Fsp3) is 0.235. The molecule has 0 aromatic heterocycles. The Labute approximate surface area is 148 Å². The van der Waals surface area contributed by atoms with Crippen LogP contribution in [0.5, 0.6) is 5.75 Å². The van der Waals surface area contributed by atoms with Crippen molar-refractivity contribution in [1.29, 1.82) is 0 Å². The van der Waals surface area contributed by atoms with Crippen LogP contribution in [0, 0.1) is 0 Å². The molecule has 1 amide bonds. The number of halogens is 2. The van der Waals surface area contributed by atoms with Gasteiger partial charge in [0.15, 0.2) is 0 Å². The van der Waals surface area contributed by atoms with Crippen molar-refractivity contribution in [1.82, 2.24) is 0 Å². The summed E-state index contributed by atoms with van der Waals surface area (Å²) < 4.78 is 6.21. The van der Waals surface area contributed by atoms with Crippen LogP contribution in [0.25, 0.3) is 0 Å². The molecular weight excluding hydrogens is 380 g/mol. The number of para-hydroxylation sites is 1. The Morgan fingerprint density at radius 1 is 1.30 bits per heavy atom. The zero-order chi connectivity index (χ0) is 16.6. The van der Waals surface area contributed by atoms with Gasteiger partial charge in [0, 0.05) is 11.8 Å². The molecule has 1 aliphatic carbocycles. The average Bonchev–Trinajstić information content (AvgIpc) is 3.33. The Morgan fingerprint density at radius 3 is 2.57 bits per heavy atom. The van der Waals surface area contributed by atoms with Crippen molar-refractivity contribution in [2.45, 2.75) is 18.4 Å². The van der Waals surface area contributed by atoms with E-state index in [4.69, 9.17) is 22.1 Å². The van der Waals surface area contributed by atoms with E-state index in [9.17, 15) is 4.79 Å². The number of nitrogens with zero attached hydrogens (tertiary/aromatic N) is 1. The van der Waals surface area contributed by atoms with Crippen LogP contribution < -0.4 is 15.4 Å². The molecule has 0 atom stereocenters. The van der Waals surface area contributed by atoms with Crippen molar-refractivity contribution < 1.29 is 9.53 Å². The van der Waals surface area contributed by atoms with Gasteiger partial charge >= 0.3 is 0 Å². The zero-order valence-electron chi connectivity index (χ0n) is 12.6. The van der Waals surface area contributed by atoms with E-state index in [2.05, 4.69) is 15.9 Å². The zero-order valence-corrected chi connectivity index (χ0v) is 14.9. The Morgan fingerprint density at radius 2 is 2.00 bits per heavy atom. The summed E-state index contributed by atoms with van der Waals surface area (Å²) in [5.41, 5.74) is 6.54. The van der Waals surface area contributed by atoms with E-state index in [0.717, 1.165) is 15.8 Å². The lowest BCUT2D eigenvalue weighted by Gasteiger charge is -2.33. The molecule has 4 nitrogen and oxygen atoms in total.